The highest BCUT2D eigenvalue weighted by Gasteiger charge is 2.34. The molecule has 21 heavy (non-hydrogen) atoms. The lowest BCUT2D eigenvalue weighted by molar-refractivity contribution is -0.137. The molecule has 0 radical (unpaired) electrons. The number of benzene rings is 1. The predicted octanol–water partition coefficient (Wildman–Crippen LogP) is 3.86. The van der Waals surface area contributed by atoms with Crippen LogP contribution in [0.15, 0.2) is 36.5 Å². The van der Waals surface area contributed by atoms with E-state index in [2.05, 4.69) is 10.3 Å². The Kier molecular flexibility index (Phi) is 4.21. The number of hydrogen-bond donors (Lipinski definition) is 1. The monoisotopic (exact) mass is 298 g/mol. The van der Waals surface area contributed by atoms with Gasteiger partial charge in [0.15, 0.2) is 0 Å². The topological polar surface area (TPSA) is 43.4 Å². The first-order valence-corrected chi connectivity index (χ1v) is 5.96. The Labute approximate surface area is 119 Å². The highest BCUT2D eigenvalue weighted by atomic mass is 19.4. The lowest BCUT2D eigenvalue weighted by Crippen LogP contribution is -2.10. The molecular weight excluding hydrogens is 285 g/mol. The SMILES string of the molecule is COc1cc(Nc2ncccc2C(F)(F)F)cc(OC)c1. The molecule has 4 nitrogen and oxygen atoms in total. The van der Waals surface area contributed by atoms with Crippen molar-refractivity contribution >= 4 is 11.5 Å². The van der Waals surface area contributed by atoms with Gasteiger partial charge in [-0.05, 0) is 12.1 Å². The van der Waals surface area contributed by atoms with Gasteiger partial charge in [-0.2, -0.15) is 13.2 Å². The molecule has 1 heterocycles. The minimum absolute atomic E-state index is 0.277. The van der Waals surface area contributed by atoms with Gasteiger partial charge in [-0.3, -0.25) is 0 Å². The molecular formula is C14H13F3N2O2. The molecule has 112 valence electrons. The standard InChI is InChI=1S/C14H13F3N2O2/c1-20-10-6-9(7-11(8-10)21-2)19-13-12(14(15,16)17)4-3-5-18-13/h3-8H,1-2H3,(H,18,19). The summed E-state index contributed by atoms with van der Waals surface area (Å²) in [6, 6.07) is 6.93. The second kappa shape index (κ2) is 5.90. The van der Waals surface area contributed by atoms with Crippen LogP contribution in [0.2, 0.25) is 0 Å². The summed E-state index contributed by atoms with van der Waals surface area (Å²) in [5, 5.41) is 2.64. The summed E-state index contributed by atoms with van der Waals surface area (Å²) < 4.78 is 48.9. The molecule has 1 aromatic carbocycles. The number of nitrogens with zero attached hydrogens (tertiary/aromatic N) is 1. The minimum Gasteiger partial charge on any atom is -0.497 e. The van der Waals surface area contributed by atoms with Crippen molar-refractivity contribution in [1.82, 2.24) is 4.98 Å². The predicted molar refractivity (Wildman–Crippen MR) is 72.1 cm³/mol. The maximum Gasteiger partial charge on any atom is 0.419 e. The van der Waals surface area contributed by atoms with Crippen molar-refractivity contribution in [1.29, 1.82) is 0 Å². The van der Waals surface area contributed by atoms with E-state index in [1.54, 1.807) is 18.2 Å². The summed E-state index contributed by atoms with van der Waals surface area (Å²) >= 11 is 0. The maximum absolute atomic E-state index is 12.9. The zero-order valence-electron chi connectivity index (χ0n) is 11.4. The van der Waals surface area contributed by atoms with Crippen LogP contribution >= 0.6 is 0 Å². The van der Waals surface area contributed by atoms with E-state index in [0.717, 1.165) is 6.07 Å². The maximum atomic E-state index is 12.9. The number of halogens is 3. The second-order valence-electron chi connectivity index (χ2n) is 4.12. The molecule has 0 saturated carbocycles. The van der Waals surface area contributed by atoms with E-state index in [4.69, 9.17) is 9.47 Å². The Morgan fingerprint density at radius 1 is 1.05 bits per heavy atom. The van der Waals surface area contributed by atoms with Crippen LogP contribution < -0.4 is 14.8 Å². The summed E-state index contributed by atoms with van der Waals surface area (Å²) in [6.07, 6.45) is -3.20. The third-order valence-electron chi connectivity index (χ3n) is 2.73. The van der Waals surface area contributed by atoms with Gasteiger partial charge >= 0.3 is 6.18 Å². The Hall–Kier alpha value is -2.44. The normalized spacial score (nSPS) is 11.1. The molecule has 1 N–H and O–H groups in total. The quantitative estimate of drug-likeness (QED) is 0.930. The summed E-state index contributed by atoms with van der Waals surface area (Å²) in [5.41, 5.74) is -0.456. The van der Waals surface area contributed by atoms with Gasteiger partial charge in [-0.15, -0.1) is 0 Å². The van der Waals surface area contributed by atoms with E-state index in [1.807, 2.05) is 0 Å². The molecule has 0 aliphatic carbocycles. The number of methoxy groups -OCH3 is 2. The van der Waals surface area contributed by atoms with Crippen molar-refractivity contribution in [2.45, 2.75) is 6.18 Å². The molecule has 0 atom stereocenters. The van der Waals surface area contributed by atoms with Gasteiger partial charge in [0.2, 0.25) is 0 Å². The number of ether oxygens (including phenoxy) is 2. The largest absolute Gasteiger partial charge is 0.497 e. The fraction of sp³-hybridized carbons (Fsp3) is 0.214. The third-order valence-corrected chi connectivity index (χ3v) is 2.73. The number of anilines is 2. The smallest absolute Gasteiger partial charge is 0.419 e. The van der Waals surface area contributed by atoms with E-state index >= 15 is 0 Å². The lowest BCUT2D eigenvalue weighted by atomic mass is 10.2. The van der Waals surface area contributed by atoms with Crippen molar-refractivity contribution in [2.24, 2.45) is 0 Å². The van der Waals surface area contributed by atoms with E-state index in [0.29, 0.717) is 17.2 Å². The van der Waals surface area contributed by atoms with Crippen molar-refractivity contribution in [2.75, 3.05) is 19.5 Å². The molecule has 0 spiro atoms. The van der Waals surface area contributed by atoms with Gasteiger partial charge in [0.1, 0.15) is 17.3 Å². The van der Waals surface area contributed by atoms with Crippen LogP contribution in [-0.4, -0.2) is 19.2 Å². The number of alkyl halides is 3. The number of rotatable bonds is 4. The molecule has 0 bridgehead atoms. The van der Waals surface area contributed by atoms with E-state index in [9.17, 15) is 13.2 Å². The first-order valence-electron chi connectivity index (χ1n) is 5.96. The van der Waals surface area contributed by atoms with E-state index < -0.39 is 11.7 Å². The average molecular weight is 298 g/mol. The van der Waals surface area contributed by atoms with Gasteiger partial charge in [0.25, 0.3) is 0 Å². The lowest BCUT2D eigenvalue weighted by Gasteiger charge is -2.14. The molecule has 1 aromatic heterocycles. The van der Waals surface area contributed by atoms with Crippen LogP contribution in [0, 0.1) is 0 Å². The number of pyridine rings is 1. The number of hydrogen-bond acceptors (Lipinski definition) is 4. The van der Waals surface area contributed by atoms with Crippen molar-refractivity contribution in [3.8, 4) is 11.5 Å². The zero-order chi connectivity index (χ0) is 15.5. The van der Waals surface area contributed by atoms with Gasteiger partial charge in [0, 0.05) is 30.1 Å². The van der Waals surface area contributed by atoms with Gasteiger partial charge < -0.3 is 14.8 Å². The van der Waals surface area contributed by atoms with E-state index in [-0.39, 0.29) is 5.82 Å². The molecule has 2 aromatic rings. The van der Waals surface area contributed by atoms with Gasteiger partial charge in [-0.25, -0.2) is 4.98 Å². The number of aromatic nitrogens is 1. The molecule has 0 saturated heterocycles. The first kappa shape index (κ1) is 15.0. The van der Waals surface area contributed by atoms with Crippen LogP contribution in [0.5, 0.6) is 11.5 Å². The molecule has 0 fully saturated rings. The molecule has 0 aliphatic heterocycles. The Bertz CT molecular complexity index is 608. The van der Waals surface area contributed by atoms with E-state index in [1.165, 1.54) is 26.5 Å². The van der Waals surface area contributed by atoms with Crippen LogP contribution in [0.1, 0.15) is 5.56 Å². The summed E-state index contributed by atoms with van der Waals surface area (Å²) in [5.74, 6) is 0.642. The molecule has 7 heteroatoms. The Balaban J connectivity index is 2.39. The van der Waals surface area contributed by atoms with Crippen molar-refractivity contribution in [3.63, 3.8) is 0 Å². The summed E-state index contributed by atoms with van der Waals surface area (Å²) in [6.45, 7) is 0. The zero-order valence-corrected chi connectivity index (χ0v) is 11.4. The fourth-order valence-corrected chi connectivity index (χ4v) is 1.75. The first-order chi connectivity index (χ1) is 9.94. The molecule has 0 unspecified atom stereocenters. The van der Waals surface area contributed by atoms with Crippen LogP contribution in [-0.2, 0) is 6.18 Å². The van der Waals surface area contributed by atoms with Gasteiger partial charge in [0.05, 0.1) is 19.8 Å². The third kappa shape index (κ3) is 3.56. The summed E-state index contributed by atoms with van der Waals surface area (Å²) in [4.78, 5) is 3.74. The van der Waals surface area contributed by atoms with Crippen molar-refractivity contribution in [3.05, 3.63) is 42.1 Å². The Morgan fingerprint density at radius 3 is 2.19 bits per heavy atom. The molecule has 2 rings (SSSR count). The highest BCUT2D eigenvalue weighted by Crippen LogP contribution is 2.35. The van der Waals surface area contributed by atoms with Crippen molar-refractivity contribution < 1.29 is 22.6 Å². The fourth-order valence-electron chi connectivity index (χ4n) is 1.75. The van der Waals surface area contributed by atoms with Crippen LogP contribution in [0.3, 0.4) is 0 Å². The minimum atomic E-state index is -4.49. The number of nitrogens with one attached hydrogen (secondary N) is 1. The Morgan fingerprint density at radius 2 is 1.67 bits per heavy atom. The summed E-state index contributed by atoms with van der Waals surface area (Å²) in [7, 11) is 2.92. The van der Waals surface area contributed by atoms with Crippen LogP contribution in [0.25, 0.3) is 0 Å². The average Bonchev–Trinajstić information content (AvgIpc) is 2.46. The van der Waals surface area contributed by atoms with Crippen LogP contribution in [0.4, 0.5) is 24.7 Å². The molecule has 0 aliphatic rings. The second-order valence-corrected chi connectivity index (χ2v) is 4.12. The van der Waals surface area contributed by atoms with Gasteiger partial charge in [-0.1, -0.05) is 0 Å². The highest BCUT2D eigenvalue weighted by molar-refractivity contribution is 5.63. The molecule has 0 amide bonds.